The fourth-order valence-corrected chi connectivity index (χ4v) is 4.45. The first kappa shape index (κ1) is 32.4. The fourth-order valence-electron chi connectivity index (χ4n) is 4.45. The van der Waals surface area contributed by atoms with E-state index in [1.807, 2.05) is 6.07 Å². The molecule has 0 aliphatic heterocycles. The van der Waals surface area contributed by atoms with Crippen LogP contribution in [0.3, 0.4) is 0 Å². The van der Waals surface area contributed by atoms with Crippen LogP contribution < -0.4 is 21.5 Å². The maximum Gasteiger partial charge on any atom is 0.266 e. The van der Waals surface area contributed by atoms with E-state index in [0.29, 0.717) is 41.3 Å². The number of nitrogens with zero attached hydrogens (tertiary/aromatic N) is 4. The van der Waals surface area contributed by atoms with Crippen LogP contribution >= 0.6 is 0 Å². The summed E-state index contributed by atoms with van der Waals surface area (Å²) in [6.45, 7) is 0.987. The molecule has 3 N–H and O–H groups in total. The zero-order chi connectivity index (χ0) is 33.2. The average molecular weight is 638 g/mol. The normalized spacial score (nSPS) is 10.6. The third kappa shape index (κ3) is 8.59. The molecule has 0 saturated carbocycles. The van der Waals surface area contributed by atoms with E-state index in [2.05, 4.69) is 42.7 Å². The summed E-state index contributed by atoms with van der Waals surface area (Å²) in [4.78, 5) is 50.5. The lowest BCUT2D eigenvalue weighted by Crippen LogP contribution is -2.33. The highest BCUT2D eigenvalue weighted by Gasteiger charge is 2.13. The van der Waals surface area contributed by atoms with Gasteiger partial charge in [0.1, 0.15) is 5.56 Å². The number of methoxy groups -OCH3 is 1. The number of benzene rings is 3. The minimum absolute atomic E-state index is 0.0397. The van der Waals surface area contributed by atoms with E-state index in [1.54, 1.807) is 49.7 Å². The highest BCUT2D eigenvalue weighted by Crippen LogP contribution is 2.18. The lowest BCUT2D eigenvalue weighted by molar-refractivity contribution is 0.0943. The highest BCUT2D eigenvalue weighted by molar-refractivity contribution is 5.94. The molecule has 0 spiro atoms. The SMILES string of the molecule is COCCCNC(=O)c1ccc(Nc2ncc3cc(C#CCNC(=O)c4cncn(Cc5ccc(F)c(F)c5)c4=O)ccc3n2)cc1. The molecular formula is C34H29F2N7O4. The summed E-state index contributed by atoms with van der Waals surface area (Å²) >= 11 is 0. The number of halogens is 2. The second-order valence-corrected chi connectivity index (χ2v) is 10.2. The number of carbonyl (C=O) groups is 2. The maximum atomic E-state index is 13.5. The van der Waals surface area contributed by atoms with Crippen molar-refractivity contribution in [1.29, 1.82) is 0 Å². The Bertz CT molecular complexity index is 2040. The van der Waals surface area contributed by atoms with Crippen LogP contribution in [0.25, 0.3) is 10.9 Å². The molecule has 238 valence electrons. The molecule has 0 fully saturated rings. The Morgan fingerprint density at radius 3 is 2.57 bits per heavy atom. The van der Waals surface area contributed by atoms with E-state index >= 15 is 0 Å². The maximum absolute atomic E-state index is 13.5. The van der Waals surface area contributed by atoms with Crippen LogP contribution in [-0.4, -0.2) is 58.1 Å². The summed E-state index contributed by atoms with van der Waals surface area (Å²) in [6.07, 6.45) is 4.75. The number of aromatic nitrogens is 4. The van der Waals surface area contributed by atoms with Crippen LogP contribution in [0, 0.1) is 23.5 Å². The van der Waals surface area contributed by atoms with Crippen molar-refractivity contribution in [2.24, 2.45) is 0 Å². The first-order chi connectivity index (χ1) is 22.8. The number of amides is 2. The van der Waals surface area contributed by atoms with Crippen molar-refractivity contribution >= 4 is 34.4 Å². The van der Waals surface area contributed by atoms with Crippen molar-refractivity contribution in [3.8, 4) is 11.8 Å². The van der Waals surface area contributed by atoms with Crippen LogP contribution in [0.1, 0.15) is 38.3 Å². The molecule has 5 aromatic rings. The van der Waals surface area contributed by atoms with E-state index in [-0.39, 0.29) is 24.6 Å². The van der Waals surface area contributed by atoms with E-state index in [9.17, 15) is 23.2 Å². The number of ether oxygens (including phenoxy) is 1. The number of anilines is 2. The second kappa shape index (κ2) is 15.3. The smallest absolute Gasteiger partial charge is 0.266 e. The Hall–Kier alpha value is -6.00. The molecule has 2 amide bonds. The van der Waals surface area contributed by atoms with Gasteiger partial charge in [0, 0.05) is 54.9 Å². The molecule has 0 saturated heterocycles. The lowest BCUT2D eigenvalue weighted by Gasteiger charge is -2.08. The molecule has 11 nitrogen and oxygen atoms in total. The van der Waals surface area contributed by atoms with Crippen molar-refractivity contribution in [3.63, 3.8) is 0 Å². The molecule has 2 aromatic heterocycles. The third-order valence-corrected chi connectivity index (χ3v) is 6.85. The van der Waals surface area contributed by atoms with Crippen LogP contribution in [0.4, 0.5) is 20.4 Å². The molecule has 0 bridgehead atoms. The zero-order valence-corrected chi connectivity index (χ0v) is 25.2. The molecule has 0 radical (unpaired) electrons. The molecule has 47 heavy (non-hydrogen) atoms. The van der Waals surface area contributed by atoms with Crippen molar-refractivity contribution in [3.05, 3.63) is 124 Å². The summed E-state index contributed by atoms with van der Waals surface area (Å²) in [5.74, 6) is 3.34. The molecule has 13 heteroatoms. The number of hydrogen-bond donors (Lipinski definition) is 3. The van der Waals surface area contributed by atoms with E-state index in [0.717, 1.165) is 40.4 Å². The first-order valence-corrected chi connectivity index (χ1v) is 14.5. The van der Waals surface area contributed by atoms with Crippen LogP contribution in [0.2, 0.25) is 0 Å². The number of hydrogen-bond acceptors (Lipinski definition) is 8. The standard InChI is InChI=1S/C34H29F2N7O4/c1-47-15-3-14-38-31(44)24-7-9-26(10-8-24)41-34-40-18-25-16-22(6-12-30(25)42-34)4-2-13-39-32(45)27-19-37-21-43(33(27)46)20-23-5-11-28(35)29(36)17-23/h5-12,16-19,21H,3,13-15,20H2,1H3,(H,38,44)(H,39,45)(H,40,41,42). The van der Waals surface area contributed by atoms with Gasteiger partial charge in [0.05, 0.1) is 24.9 Å². The predicted octanol–water partition coefficient (Wildman–Crippen LogP) is 3.80. The second-order valence-electron chi connectivity index (χ2n) is 10.2. The monoisotopic (exact) mass is 637 g/mol. The molecular weight excluding hydrogens is 608 g/mol. The molecule has 0 aliphatic carbocycles. The van der Waals surface area contributed by atoms with Gasteiger partial charge in [-0.25, -0.2) is 23.7 Å². The van der Waals surface area contributed by atoms with Gasteiger partial charge >= 0.3 is 0 Å². The average Bonchev–Trinajstić information content (AvgIpc) is 3.08. The summed E-state index contributed by atoms with van der Waals surface area (Å²) in [7, 11) is 1.62. The quantitative estimate of drug-likeness (QED) is 0.147. The largest absolute Gasteiger partial charge is 0.385 e. The minimum Gasteiger partial charge on any atom is -0.385 e. The van der Waals surface area contributed by atoms with E-state index in [1.165, 1.54) is 12.4 Å². The van der Waals surface area contributed by atoms with Gasteiger partial charge in [-0.2, -0.15) is 0 Å². The van der Waals surface area contributed by atoms with Crippen molar-refractivity contribution in [1.82, 2.24) is 30.2 Å². The van der Waals surface area contributed by atoms with Crippen LogP contribution in [0.15, 0.2) is 84.2 Å². The van der Waals surface area contributed by atoms with Gasteiger partial charge in [-0.3, -0.25) is 19.0 Å². The molecule has 3 aromatic carbocycles. The number of rotatable bonds is 11. The van der Waals surface area contributed by atoms with Gasteiger partial charge in [0.25, 0.3) is 17.4 Å². The van der Waals surface area contributed by atoms with Gasteiger partial charge in [0.15, 0.2) is 11.6 Å². The summed E-state index contributed by atoms with van der Waals surface area (Å²) in [6, 6.07) is 15.7. The third-order valence-electron chi connectivity index (χ3n) is 6.85. The minimum atomic E-state index is -1.03. The van der Waals surface area contributed by atoms with Crippen molar-refractivity contribution in [2.75, 3.05) is 32.1 Å². The summed E-state index contributed by atoms with van der Waals surface area (Å²) < 4.78 is 32.9. The van der Waals surface area contributed by atoms with Gasteiger partial charge < -0.3 is 20.7 Å². The summed E-state index contributed by atoms with van der Waals surface area (Å²) in [5, 5.41) is 9.30. The van der Waals surface area contributed by atoms with E-state index < -0.39 is 23.1 Å². The Morgan fingerprint density at radius 2 is 1.79 bits per heavy atom. The lowest BCUT2D eigenvalue weighted by atomic mass is 10.1. The molecule has 0 aliphatic rings. The van der Waals surface area contributed by atoms with Gasteiger partial charge in [-0.15, -0.1) is 0 Å². The zero-order valence-electron chi connectivity index (χ0n) is 25.2. The predicted molar refractivity (Wildman–Crippen MR) is 171 cm³/mol. The Kier molecular flexibility index (Phi) is 10.6. The molecule has 5 rings (SSSR count). The molecule has 0 atom stereocenters. The van der Waals surface area contributed by atoms with Gasteiger partial charge in [-0.1, -0.05) is 17.9 Å². The number of fused-ring (bicyclic) bond motifs is 1. The number of carbonyl (C=O) groups excluding carboxylic acids is 2. The van der Waals surface area contributed by atoms with Crippen molar-refractivity contribution < 1.29 is 23.1 Å². The first-order valence-electron chi connectivity index (χ1n) is 14.5. The molecule has 2 heterocycles. The Morgan fingerprint density at radius 1 is 0.957 bits per heavy atom. The van der Waals surface area contributed by atoms with Crippen molar-refractivity contribution in [2.45, 2.75) is 13.0 Å². The summed E-state index contributed by atoms with van der Waals surface area (Å²) in [5.41, 5.74) is 2.11. The van der Waals surface area contributed by atoms with Gasteiger partial charge in [0.2, 0.25) is 5.95 Å². The fraction of sp³-hybridized carbons (Fsp3) is 0.176. The number of nitrogens with one attached hydrogen (secondary N) is 3. The Labute approximate surface area is 268 Å². The van der Waals surface area contributed by atoms with Gasteiger partial charge in [-0.05, 0) is 66.6 Å². The topological polar surface area (TPSA) is 140 Å². The Balaban J connectivity index is 1.15. The van der Waals surface area contributed by atoms with E-state index in [4.69, 9.17) is 4.74 Å². The molecule has 0 unspecified atom stereocenters. The van der Waals surface area contributed by atoms with Crippen LogP contribution in [-0.2, 0) is 11.3 Å². The van der Waals surface area contributed by atoms with Crippen LogP contribution in [0.5, 0.6) is 0 Å². The highest BCUT2D eigenvalue weighted by atomic mass is 19.2.